The highest BCUT2D eigenvalue weighted by molar-refractivity contribution is 4.94. The van der Waals surface area contributed by atoms with Crippen molar-refractivity contribution in [1.29, 1.82) is 0 Å². The highest BCUT2D eigenvalue weighted by Gasteiger charge is 2.47. The van der Waals surface area contributed by atoms with Crippen molar-refractivity contribution in [1.82, 2.24) is 0 Å². The predicted octanol–water partition coefficient (Wildman–Crippen LogP) is -1.25. The van der Waals surface area contributed by atoms with Gasteiger partial charge in [0.25, 0.3) is 0 Å². The van der Waals surface area contributed by atoms with Crippen LogP contribution in [0.1, 0.15) is 42.5 Å². The number of fused-ring (bicyclic) bond motifs is 4. The number of rotatable bonds is 0. The van der Waals surface area contributed by atoms with E-state index in [9.17, 15) is 10.2 Å². The van der Waals surface area contributed by atoms with E-state index in [0.717, 1.165) is 26.4 Å². The second-order valence-electron chi connectivity index (χ2n) is 12.6. The topological polar surface area (TPSA) is 218 Å². The van der Waals surface area contributed by atoms with Gasteiger partial charge in [-0.2, -0.15) is 0 Å². The maximum Gasteiger partial charge on any atom is 0.114 e. The molecule has 8 fully saturated rings. The molecule has 8 aliphatic rings. The molecule has 8 saturated heterocycles. The van der Waals surface area contributed by atoms with Crippen LogP contribution in [0.2, 0.25) is 0 Å². The maximum atomic E-state index is 9.27. The van der Waals surface area contributed by atoms with E-state index in [4.69, 9.17) is 48.1 Å². The Bertz CT molecular complexity index is 616. The maximum absolute atomic E-state index is 9.27. The lowest BCUT2D eigenvalue weighted by Gasteiger charge is -2.10. The van der Waals surface area contributed by atoms with E-state index >= 15 is 0 Å². The van der Waals surface area contributed by atoms with E-state index < -0.39 is 24.4 Å². The second kappa shape index (κ2) is 18.1. The molecule has 14 heteroatoms. The van der Waals surface area contributed by atoms with Gasteiger partial charge in [-0.3, -0.25) is 0 Å². The Morgan fingerprint density at radius 2 is 0.477 bits per heavy atom. The summed E-state index contributed by atoms with van der Waals surface area (Å²) in [6.07, 6.45) is -1.49. The monoisotopic (exact) mass is 644 g/mol. The molecule has 0 radical (unpaired) electrons. The molecule has 8 aliphatic heterocycles. The zero-order valence-corrected chi connectivity index (χ0v) is 24.9. The SMILES string of the molecule is C.C.CC1COC2C1OC[C@@H]2C.CC1COC2C1OC[C@@H]2O.C[C@H]1COC2C(O)COC21.O.O.OC1COC2C1OC[C@@H]2O. The summed E-state index contributed by atoms with van der Waals surface area (Å²) < 4.78 is 42.6. The predicted molar refractivity (Wildman–Crippen MR) is 159 cm³/mol. The Labute approximate surface area is 261 Å². The first-order valence-corrected chi connectivity index (χ1v) is 14.8. The number of ether oxygens (including phenoxy) is 8. The number of aliphatic hydroxyl groups excluding tert-OH is 4. The van der Waals surface area contributed by atoms with Crippen LogP contribution in [-0.4, -0.2) is 157 Å². The van der Waals surface area contributed by atoms with Crippen LogP contribution >= 0.6 is 0 Å². The van der Waals surface area contributed by atoms with Gasteiger partial charge in [0.1, 0.15) is 48.8 Å². The van der Waals surface area contributed by atoms with E-state index in [-0.39, 0.29) is 75.6 Å². The summed E-state index contributed by atoms with van der Waals surface area (Å²) in [5.74, 6) is 2.11. The number of aliphatic hydroxyl groups is 4. The van der Waals surface area contributed by atoms with Crippen molar-refractivity contribution in [2.24, 2.45) is 23.7 Å². The average molecular weight is 645 g/mol. The minimum Gasteiger partial charge on any atom is -0.412 e. The second-order valence-corrected chi connectivity index (χ2v) is 12.6. The molecule has 8 rings (SSSR count). The van der Waals surface area contributed by atoms with Crippen molar-refractivity contribution in [2.75, 3.05) is 52.9 Å². The molecule has 264 valence electrons. The van der Waals surface area contributed by atoms with Gasteiger partial charge in [0.2, 0.25) is 0 Å². The molecule has 0 bridgehead atoms. The zero-order valence-electron chi connectivity index (χ0n) is 24.9. The number of hydrogen-bond acceptors (Lipinski definition) is 12. The van der Waals surface area contributed by atoms with Crippen LogP contribution in [0.4, 0.5) is 0 Å². The van der Waals surface area contributed by atoms with Crippen molar-refractivity contribution in [2.45, 2.75) is 116 Å². The largest absolute Gasteiger partial charge is 0.412 e. The fourth-order valence-corrected chi connectivity index (χ4v) is 6.68. The van der Waals surface area contributed by atoms with Crippen molar-refractivity contribution < 1.29 is 69.3 Å². The summed E-state index contributed by atoms with van der Waals surface area (Å²) in [7, 11) is 0. The third-order valence-electron chi connectivity index (χ3n) is 9.10. The fraction of sp³-hybridized carbons (Fsp3) is 1.00. The normalized spacial score (nSPS) is 48.5. The van der Waals surface area contributed by atoms with Gasteiger partial charge in [0.05, 0.1) is 77.3 Å². The molecule has 16 atom stereocenters. The Hall–Kier alpha value is -0.560. The molecule has 0 aromatic rings. The molecule has 0 saturated carbocycles. The summed E-state index contributed by atoms with van der Waals surface area (Å²) in [4.78, 5) is 0. The first-order chi connectivity index (χ1) is 19.2. The molecule has 0 aliphatic carbocycles. The molecule has 0 spiro atoms. The van der Waals surface area contributed by atoms with Gasteiger partial charge in [-0.1, -0.05) is 42.5 Å². The lowest BCUT2D eigenvalue weighted by molar-refractivity contribution is 0.00205. The van der Waals surface area contributed by atoms with E-state index in [2.05, 4.69) is 27.7 Å². The quantitative estimate of drug-likeness (QED) is 0.243. The summed E-state index contributed by atoms with van der Waals surface area (Å²) in [6.45, 7) is 13.3. The first kappa shape index (κ1) is 41.5. The van der Waals surface area contributed by atoms with Crippen LogP contribution in [-0.2, 0) is 37.9 Å². The highest BCUT2D eigenvalue weighted by Crippen LogP contribution is 2.34. The molecule has 8 N–H and O–H groups in total. The molecular formula is C30H60O14. The van der Waals surface area contributed by atoms with Gasteiger partial charge >= 0.3 is 0 Å². The standard InChI is InChI=1S/C8H14O2.2C7H12O3.C6H10O4.2CH4.2H2O/c1-5-3-9-8-6(2)4-10-7(5)8;2*1-4-2-9-7-5(8)3-10-6(4)7;7-3-1-9-6-4(8)2-10-5(3)6;;;;/h5-8H,3-4H2,1-2H3;2*4-8H,2-3H2,1H3;3-8H,1-2H2;2*1H4;2*1H2/t5-,6?,7?,8?;4?,5-,6?,7?;4-,5?,6?,7?;3-,4?,5?,6?;;;;/m0000..../s1. The van der Waals surface area contributed by atoms with E-state index in [0.29, 0.717) is 49.1 Å². The molecule has 12 unspecified atom stereocenters. The number of hydrogen-bond donors (Lipinski definition) is 4. The van der Waals surface area contributed by atoms with Crippen LogP contribution in [0.3, 0.4) is 0 Å². The van der Waals surface area contributed by atoms with Gasteiger partial charge in [0, 0.05) is 23.7 Å². The molecule has 0 aromatic heterocycles. The lowest BCUT2D eigenvalue weighted by Crippen LogP contribution is -2.30. The van der Waals surface area contributed by atoms with Crippen molar-refractivity contribution in [3.8, 4) is 0 Å². The van der Waals surface area contributed by atoms with Crippen molar-refractivity contribution >= 4 is 0 Å². The lowest BCUT2D eigenvalue weighted by atomic mass is 9.99. The third kappa shape index (κ3) is 8.86. The van der Waals surface area contributed by atoms with Crippen LogP contribution < -0.4 is 0 Å². The van der Waals surface area contributed by atoms with E-state index in [1.807, 2.05) is 0 Å². The van der Waals surface area contributed by atoms with Crippen LogP contribution in [0.25, 0.3) is 0 Å². The summed E-state index contributed by atoms with van der Waals surface area (Å²) in [6, 6.07) is 0. The molecular weight excluding hydrogens is 584 g/mol. The van der Waals surface area contributed by atoms with E-state index in [1.54, 1.807) is 0 Å². The summed E-state index contributed by atoms with van der Waals surface area (Å²) in [5.41, 5.74) is 0. The van der Waals surface area contributed by atoms with Crippen LogP contribution in [0.5, 0.6) is 0 Å². The Kier molecular flexibility index (Phi) is 17.1. The van der Waals surface area contributed by atoms with Gasteiger partial charge in [0.15, 0.2) is 0 Å². The van der Waals surface area contributed by atoms with Crippen LogP contribution in [0, 0.1) is 23.7 Å². The van der Waals surface area contributed by atoms with E-state index in [1.165, 1.54) is 0 Å². The van der Waals surface area contributed by atoms with Crippen LogP contribution in [0.15, 0.2) is 0 Å². The zero-order chi connectivity index (χ0) is 28.6. The van der Waals surface area contributed by atoms with Gasteiger partial charge in [-0.25, -0.2) is 0 Å². The Morgan fingerprint density at radius 3 is 0.727 bits per heavy atom. The Balaban J connectivity index is 0.000000285. The van der Waals surface area contributed by atoms with Gasteiger partial charge < -0.3 is 69.3 Å². The molecule has 0 amide bonds. The first-order valence-electron chi connectivity index (χ1n) is 14.8. The Morgan fingerprint density at radius 1 is 0.318 bits per heavy atom. The molecule has 44 heavy (non-hydrogen) atoms. The van der Waals surface area contributed by atoms with Crippen molar-refractivity contribution in [3.63, 3.8) is 0 Å². The molecule has 0 aromatic carbocycles. The summed E-state index contributed by atoms with van der Waals surface area (Å²) >= 11 is 0. The third-order valence-corrected chi connectivity index (χ3v) is 9.10. The molecule has 8 heterocycles. The summed E-state index contributed by atoms with van der Waals surface area (Å²) in [5, 5.41) is 36.8. The highest BCUT2D eigenvalue weighted by atomic mass is 16.6. The average Bonchev–Trinajstić information content (AvgIpc) is 3.76. The minimum absolute atomic E-state index is 0. The van der Waals surface area contributed by atoms with Gasteiger partial charge in [-0.15, -0.1) is 0 Å². The molecule has 14 nitrogen and oxygen atoms in total. The fourth-order valence-electron chi connectivity index (χ4n) is 6.68. The van der Waals surface area contributed by atoms with Crippen molar-refractivity contribution in [3.05, 3.63) is 0 Å². The minimum atomic E-state index is -0.554. The van der Waals surface area contributed by atoms with Gasteiger partial charge in [-0.05, 0) is 0 Å². The smallest absolute Gasteiger partial charge is 0.114 e.